The Hall–Kier alpha value is -3.51. The highest BCUT2D eigenvalue weighted by atomic mass is 32.2. The van der Waals surface area contributed by atoms with Crippen molar-refractivity contribution in [2.24, 2.45) is 0 Å². The molecule has 1 aliphatic heterocycles. The molecule has 29 heavy (non-hydrogen) atoms. The second-order valence-corrected chi connectivity index (χ2v) is 7.54. The van der Waals surface area contributed by atoms with Gasteiger partial charge in [0.15, 0.2) is 11.5 Å². The number of phenols is 2. The molecular weight excluding hydrogens is 386 g/mol. The Morgan fingerprint density at radius 1 is 0.828 bits per heavy atom. The summed E-state index contributed by atoms with van der Waals surface area (Å²) in [7, 11) is 0. The van der Waals surface area contributed by atoms with Gasteiger partial charge in [-0.1, -0.05) is 66.7 Å². The maximum atomic E-state index is 12.7. The van der Waals surface area contributed by atoms with Crippen LogP contribution < -0.4 is 0 Å². The zero-order valence-electron chi connectivity index (χ0n) is 15.3. The highest BCUT2D eigenvalue weighted by molar-refractivity contribution is 8.18. The smallest absolute Gasteiger partial charge is 0.293 e. The maximum absolute atomic E-state index is 12.7. The Morgan fingerprint density at radius 3 is 2.24 bits per heavy atom. The minimum atomic E-state index is -0.421. The van der Waals surface area contributed by atoms with Crippen molar-refractivity contribution in [1.29, 1.82) is 0 Å². The Kier molecular flexibility index (Phi) is 5.10. The second kappa shape index (κ2) is 7.85. The van der Waals surface area contributed by atoms with Crippen LogP contribution in [0.25, 0.3) is 17.2 Å². The first-order valence-electron chi connectivity index (χ1n) is 8.93. The SMILES string of the molecule is O=C1S/C(=C\c2cccc(O)c2O)C(=O)N1Cc1ccc(-c2ccccc2)cc1. The van der Waals surface area contributed by atoms with Crippen molar-refractivity contribution in [1.82, 2.24) is 4.90 Å². The molecule has 144 valence electrons. The highest BCUT2D eigenvalue weighted by Crippen LogP contribution is 2.36. The third-order valence-corrected chi connectivity index (χ3v) is 5.52. The number of carbonyl (C=O) groups excluding carboxylic acids is 2. The number of amides is 2. The Morgan fingerprint density at radius 2 is 1.52 bits per heavy atom. The summed E-state index contributed by atoms with van der Waals surface area (Å²) in [4.78, 5) is 26.4. The van der Waals surface area contributed by atoms with Crippen LogP contribution in [0.4, 0.5) is 4.79 Å². The molecule has 0 spiro atoms. The molecule has 0 aliphatic carbocycles. The number of nitrogens with zero attached hydrogens (tertiary/aromatic N) is 1. The average molecular weight is 403 g/mol. The van der Waals surface area contributed by atoms with Gasteiger partial charge < -0.3 is 10.2 Å². The van der Waals surface area contributed by atoms with Crippen LogP contribution in [-0.2, 0) is 11.3 Å². The first-order chi connectivity index (χ1) is 14.0. The predicted molar refractivity (Wildman–Crippen MR) is 113 cm³/mol. The van der Waals surface area contributed by atoms with Gasteiger partial charge in [-0.05, 0) is 40.6 Å². The number of carbonyl (C=O) groups is 2. The molecule has 0 aromatic heterocycles. The third kappa shape index (κ3) is 3.88. The van der Waals surface area contributed by atoms with E-state index in [0.29, 0.717) is 0 Å². The lowest BCUT2D eigenvalue weighted by atomic mass is 10.0. The average Bonchev–Trinajstić information content (AvgIpc) is 3.00. The van der Waals surface area contributed by atoms with E-state index in [1.54, 1.807) is 12.1 Å². The van der Waals surface area contributed by atoms with Crippen LogP contribution in [0.5, 0.6) is 11.5 Å². The monoisotopic (exact) mass is 403 g/mol. The molecule has 4 rings (SSSR count). The van der Waals surface area contributed by atoms with Crippen molar-refractivity contribution in [3.05, 3.63) is 88.8 Å². The summed E-state index contributed by atoms with van der Waals surface area (Å²) >= 11 is 0.816. The largest absolute Gasteiger partial charge is 0.504 e. The van der Waals surface area contributed by atoms with Crippen molar-refractivity contribution in [2.45, 2.75) is 6.54 Å². The number of rotatable bonds is 4. The van der Waals surface area contributed by atoms with Crippen LogP contribution in [0.15, 0.2) is 77.7 Å². The van der Waals surface area contributed by atoms with E-state index in [9.17, 15) is 19.8 Å². The minimum Gasteiger partial charge on any atom is -0.504 e. The van der Waals surface area contributed by atoms with E-state index in [1.165, 1.54) is 17.0 Å². The maximum Gasteiger partial charge on any atom is 0.293 e. The summed E-state index contributed by atoms with van der Waals surface area (Å²) in [5, 5.41) is 19.1. The number of thioether (sulfide) groups is 1. The van der Waals surface area contributed by atoms with Gasteiger partial charge in [-0.2, -0.15) is 0 Å². The van der Waals surface area contributed by atoms with Crippen LogP contribution in [0.1, 0.15) is 11.1 Å². The third-order valence-electron chi connectivity index (χ3n) is 4.61. The van der Waals surface area contributed by atoms with Gasteiger partial charge in [0.05, 0.1) is 11.4 Å². The number of phenolic OH excluding ortho intramolecular Hbond substituents is 2. The lowest BCUT2D eigenvalue weighted by molar-refractivity contribution is -0.123. The molecule has 1 saturated heterocycles. The standard InChI is InChI=1S/C23H17NO4S/c25-19-8-4-7-18(21(19)26)13-20-22(27)24(23(28)29-20)14-15-9-11-17(12-10-15)16-5-2-1-3-6-16/h1-13,25-26H,14H2/b20-13-. The van der Waals surface area contributed by atoms with Gasteiger partial charge in [0.2, 0.25) is 0 Å². The second-order valence-electron chi connectivity index (χ2n) is 6.55. The van der Waals surface area contributed by atoms with Crippen LogP contribution in [0.3, 0.4) is 0 Å². The molecular formula is C23H17NO4S. The summed E-state index contributed by atoms with van der Waals surface area (Å²) in [5.41, 5.74) is 3.28. The van der Waals surface area contributed by atoms with Crippen molar-refractivity contribution in [3.8, 4) is 22.6 Å². The summed E-state index contributed by atoms with van der Waals surface area (Å²) in [6.07, 6.45) is 1.42. The molecule has 0 radical (unpaired) electrons. The number of hydrogen-bond acceptors (Lipinski definition) is 5. The van der Waals surface area contributed by atoms with E-state index in [2.05, 4.69) is 0 Å². The van der Waals surface area contributed by atoms with Gasteiger partial charge >= 0.3 is 0 Å². The fourth-order valence-electron chi connectivity index (χ4n) is 3.06. The molecule has 0 unspecified atom stereocenters. The van der Waals surface area contributed by atoms with E-state index >= 15 is 0 Å². The van der Waals surface area contributed by atoms with Crippen LogP contribution in [0, 0.1) is 0 Å². The van der Waals surface area contributed by atoms with Crippen molar-refractivity contribution in [3.63, 3.8) is 0 Å². The number of para-hydroxylation sites is 1. The molecule has 0 bridgehead atoms. The lowest BCUT2D eigenvalue weighted by Gasteiger charge is -2.13. The number of hydrogen-bond donors (Lipinski definition) is 2. The zero-order valence-corrected chi connectivity index (χ0v) is 16.1. The lowest BCUT2D eigenvalue weighted by Crippen LogP contribution is -2.27. The van der Waals surface area contributed by atoms with E-state index in [-0.39, 0.29) is 33.8 Å². The topological polar surface area (TPSA) is 77.8 Å². The molecule has 1 fully saturated rings. The van der Waals surface area contributed by atoms with Gasteiger partial charge in [0.1, 0.15) is 0 Å². The summed E-state index contributed by atoms with van der Waals surface area (Å²) in [5.74, 6) is -1.03. The van der Waals surface area contributed by atoms with Crippen LogP contribution >= 0.6 is 11.8 Å². The Labute approximate surface area is 171 Å². The molecule has 1 aliphatic rings. The Bertz CT molecular complexity index is 1110. The van der Waals surface area contributed by atoms with Gasteiger partial charge in [-0.15, -0.1) is 0 Å². The van der Waals surface area contributed by atoms with E-state index in [4.69, 9.17) is 0 Å². The molecule has 0 saturated carbocycles. The van der Waals surface area contributed by atoms with E-state index in [1.807, 2.05) is 54.6 Å². The van der Waals surface area contributed by atoms with Crippen molar-refractivity contribution >= 4 is 29.0 Å². The van der Waals surface area contributed by atoms with Gasteiger partial charge in [0, 0.05) is 5.56 Å². The quantitative estimate of drug-likeness (QED) is 0.473. The van der Waals surface area contributed by atoms with Crippen molar-refractivity contribution < 1.29 is 19.8 Å². The normalized spacial score (nSPS) is 15.3. The number of imide groups is 1. The summed E-state index contributed by atoms with van der Waals surface area (Å²) in [6.45, 7) is 0.170. The predicted octanol–water partition coefficient (Wildman–Crippen LogP) is 5.00. The Balaban J connectivity index is 1.52. The molecule has 1 heterocycles. The minimum absolute atomic E-state index is 0.170. The van der Waals surface area contributed by atoms with E-state index < -0.39 is 5.91 Å². The molecule has 3 aromatic carbocycles. The molecule has 2 N–H and O–H groups in total. The van der Waals surface area contributed by atoms with Gasteiger partial charge in [-0.3, -0.25) is 14.5 Å². The highest BCUT2D eigenvalue weighted by Gasteiger charge is 2.35. The first kappa shape index (κ1) is 18.8. The summed E-state index contributed by atoms with van der Waals surface area (Å²) in [6, 6.07) is 22.1. The fraction of sp³-hybridized carbons (Fsp3) is 0.0435. The molecule has 2 amide bonds. The fourth-order valence-corrected chi connectivity index (χ4v) is 3.89. The van der Waals surface area contributed by atoms with Gasteiger partial charge in [-0.25, -0.2) is 0 Å². The van der Waals surface area contributed by atoms with Crippen LogP contribution in [-0.4, -0.2) is 26.3 Å². The molecule has 3 aromatic rings. The molecule has 5 nitrogen and oxygen atoms in total. The van der Waals surface area contributed by atoms with E-state index in [0.717, 1.165) is 28.5 Å². The van der Waals surface area contributed by atoms with Crippen molar-refractivity contribution in [2.75, 3.05) is 0 Å². The zero-order chi connectivity index (χ0) is 20.4. The van der Waals surface area contributed by atoms with Gasteiger partial charge in [0.25, 0.3) is 11.1 Å². The number of benzene rings is 3. The first-order valence-corrected chi connectivity index (χ1v) is 9.75. The summed E-state index contributed by atoms with van der Waals surface area (Å²) < 4.78 is 0. The molecule has 0 atom stereocenters. The number of aromatic hydroxyl groups is 2. The molecule has 6 heteroatoms. The van der Waals surface area contributed by atoms with Crippen LogP contribution in [0.2, 0.25) is 0 Å².